The first-order valence-corrected chi connectivity index (χ1v) is 16.1. The van der Waals surface area contributed by atoms with Gasteiger partial charge in [-0.3, -0.25) is 0 Å². The second-order valence-corrected chi connectivity index (χ2v) is 13.0. The van der Waals surface area contributed by atoms with E-state index in [0.29, 0.717) is 0 Å². The summed E-state index contributed by atoms with van der Waals surface area (Å²) in [5.74, 6) is 0.717. The Labute approximate surface area is 271 Å². The predicted molar refractivity (Wildman–Crippen MR) is 192 cm³/mol. The molecule has 0 radical (unpaired) electrons. The van der Waals surface area contributed by atoms with Gasteiger partial charge >= 0.3 is 0 Å². The Morgan fingerprint density at radius 3 is 2.15 bits per heavy atom. The number of fused-ring (bicyclic) bond motifs is 10. The van der Waals surface area contributed by atoms with E-state index in [0.717, 1.165) is 83.3 Å². The first kappa shape index (κ1) is 26.2. The number of benzene rings is 6. The standard InChI is InChI=1S/C43H29N3O/c1-43(2)32-20-10-6-17-29(32)38-39(26-14-4-3-5-15-26)44-42(45-41(38)43)31-19-8-12-22-34(31)46-33-21-11-7-18-30(33)37-35(46)25-24-28-27-16-9-13-23-36(27)47-40(28)37/h3-25H,1-2H3. The van der Waals surface area contributed by atoms with Crippen molar-refractivity contribution in [3.8, 4) is 39.5 Å². The highest BCUT2D eigenvalue weighted by Gasteiger charge is 2.39. The Morgan fingerprint density at radius 2 is 1.28 bits per heavy atom. The molecule has 1 aliphatic carbocycles. The molecule has 0 aliphatic heterocycles. The molecule has 222 valence electrons. The van der Waals surface area contributed by atoms with Crippen LogP contribution in [0, 0.1) is 0 Å². The molecule has 3 heterocycles. The third-order valence-electron chi connectivity index (χ3n) is 9.98. The van der Waals surface area contributed by atoms with Gasteiger partial charge in [0.1, 0.15) is 11.2 Å². The van der Waals surface area contributed by atoms with Gasteiger partial charge in [0, 0.05) is 38.3 Å². The van der Waals surface area contributed by atoms with Gasteiger partial charge in [-0.15, -0.1) is 0 Å². The number of hydrogen-bond donors (Lipinski definition) is 0. The lowest BCUT2D eigenvalue weighted by atomic mass is 9.85. The Morgan fingerprint density at radius 1 is 0.574 bits per heavy atom. The Hall–Kier alpha value is -6.00. The Kier molecular flexibility index (Phi) is 5.31. The summed E-state index contributed by atoms with van der Waals surface area (Å²) >= 11 is 0. The molecule has 4 nitrogen and oxygen atoms in total. The monoisotopic (exact) mass is 603 g/mol. The highest BCUT2D eigenvalue weighted by Crippen LogP contribution is 2.51. The average molecular weight is 604 g/mol. The van der Waals surface area contributed by atoms with E-state index >= 15 is 0 Å². The van der Waals surface area contributed by atoms with Gasteiger partial charge < -0.3 is 8.98 Å². The number of furan rings is 1. The summed E-state index contributed by atoms with van der Waals surface area (Å²) in [5, 5.41) is 4.52. The molecule has 0 N–H and O–H groups in total. The number of rotatable bonds is 3. The maximum Gasteiger partial charge on any atom is 0.162 e. The van der Waals surface area contributed by atoms with Crippen LogP contribution in [0.5, 0.6) is 0 Å². The first-order chi connectivity index (χ1) is 23.1. The first-order valence-electron chi connectivity index (χ1n) is 16.1. The highest BCUT2D eigenvalue weighted by atomic mass is 16.3. The van der Waals surface area contributed by atoms with E-state index in [-0.39, 0.29) is 5.41 Å². The van der Waals surface area contributed by atoms with Crippen LogP contribution in [-0.4, -0.2) is 14.5 Å². The van der Waals surface area contributed by atoms with E-state index in [4.69, 9.17) is 14.4 Å². The molecule has 10 rings (SSSR count). The fraction of sp³-hybridized carbons (Fsp3) is 0.0698. The summed E-state index contributed by atoms with van der Waals surface area (Å²) in [5.41, 5.74) is 12.5. The fourth-order valence-electron chi connectivity index (χ4n) is 7.82. The molecule has 0 fully saturated rings. The van der Waals surface area contributed by atoms with Crippen LogP contribution < -0.4 is 0 Å². The molecule has 0 amide bonds. The van der Waals surface area contributed by atoms with E-state index < -0.39 is 0 Å². The van der Waals surface area contributed by atoms with Gasteiger partial charge in [0.15, 0.2) is 5.82 Å². The minimum Gasteiger partial charge on any atom is -0.455 e. The normalized spacial score (nSPS) is 13.5. The zero-order valence-electron chi connectivity index (χ0n) is 26.0. The van der Waals surface area contributed by atoms with Crippen molar-refractivity contribution in [2.45, 2.75) is 19.3 Å². The van der Waals surface area contributed by atoms with Crippen LogP contribution in [0.4, 0.5) is 0 Å². The summed E-state index contributed by atoms with van der Waals surface area (Å²) in [6.07, 6.45) is 0. The van der Waals surface area contributed by atoms with Gasteiger partial charge in [-0.2, -0.15) is 0 Å². The van der Waals surface area contributed by atoms with Crippen LogP contribution in [0.15, 0.2) is 144 Å². The molecule has 0 unspecified atom stereocenters. The van der Waals surface area contributed by atoms with E-state index in [2.05, 4.69) is 146 Å². The minimum absolute atomic E-state index is 0.276. The van der Waals surface area contributed by atoms with E-state index in [9.17, 15) is 0 Å². The van der Waals surface area contributed by atoms with Crippen LogP contribution in [0.25, 0.3) is 83.2 Å². The molecule has 47 heavy (non-hydrogen) atoms. The lowest BCUT2D eigenvalue weighted by Crippen LogP contribution is -2.17. The second kappa shape index (κ2) is 9.51. The smallest absolute Gasteiger partial charge is 0.162 e. The topological polar surface area (TPSA) is 43.9 Å². The third-order valence-corrected chi connectivity index (χ3v) is 9.98. The summed E-state index contributed by atoms with van der Waals surface area (Å²) in [4.78, 5) is 10.9. The second-order valence-electron chi connectivity index (χ2n) is 13.0. The van der Waals surface area contributed by atoms with Crippen molar-refractivity contribution in [2.75, 3.05) is 0 Å². The molecule has 1 aliphatic rings. The van der Waals surface area contributed by atoms with Crippen molar-refractivity contribution in [1.82, 2.24) is 14.5 Å². The fourth-order valence-corrected chi connectivity index (χ4v) is 7.82. The lowest BCUT2D eigenvalue weighted by Gasteiger charge is -2.21. The van der Waals surface area contributed by atoms with Crippen LogP contribution in [0.3, 0.4) is 0 Å². The van der Waals surface area contributed by atoms with Crippen molar-refractivity contribution in [3.63, 3.8) is 0 Å². The number of para-hydroxylation sites is 3. The average Bonchev–Trinajstić information content (AvgIpc) is 3.74. The van der Waals surface area contributed by atoms with Gasteiger partial charge in [0.25, 0.3) is 0 Å². The number of hydrogen-bond acceptors (Lipinski definition) is 3. The molecule has 0 spiro atoms. The molecule has 6 aromatic carbocycles. The van der Waals surface area contributed by atoms with Gasteiger partial charge in [-0.05, 0) is 47.5 Å². The molecule has 3 aromatic heterocycles. The van der Waals surface area contributed by atoms with Crippen molar-refractivity contribution in [3.05, 3.63) is 151 Å². The SMILES string of the molecule is CC1(C)c2ccccc2-c2c(-c3ccccc3)nc(-c3ccccc3-n3c4ccccc4c4c5oc6ccccc6c5ccc43)nc21. The van der Waals surface area contributed by atoms with E-state index in [1.54, 1.807) is 0 Å². The third kappa shape index (κ3) is 3.58. The van der Waals surface area contributed by atoms with Crippen molar-refractivity contribution in [1.29, 1.82) is 0 Å². The van der Waals surface area contributed by atoms with Crippen molar-refractivity contribution < 1.29 is 4.42 Å². The van der Waals surface area contributed by atoms with Gasteiger partial charge in [-0.25, -0.2) is 9.97 Å². The molecule has 0 saturated carbocycles. The molecule has 0 saturated heterocycles. The summed E-state index contributed by atoms with van der Waals surface area (Å²) in [6, 6.07) is 49.0. The number of aromatic nitrogens is 3. The maximum atomic E-state index is 6.57. The van der Waals surface area contributed by atoms with E-state index in [1.807, 2.05) is 12.1 Å². The zero-order valence-corrected chi connectivity index (χ0v) is 26.0. The van der Waals surface area contributed by atoms with Crippen LogP contribution in [-0.2, 0) is 5.41 Å². The molecule has 4 heteroatoms. The molecular weight excluding hydrogens is 574 g/mol. The minimum atomic E-state index is -0.276. The van der Waals surface area contributed by atoms with Gasteiger partial charge in [0.05, 0.1) is 33.5 Å². The number of nitrogens with zero attached hydrogens (tertiary/aromatic N) is 3. The maximum absolute atomic E-state index is 6.57. The van der Waals surface area contributed by atoms with E-state index in [1.165, 1.54) is 11.1 Å². The largest absolute Gasteiger partial charge is 0.455 e. The highest BCUT2D eigenvalue weighted by molar-refractivity contribution is 6.24. The predicted octanol–water partition coefficient (Wildman–Crippen LogP) is 11.1. The summed E-state index contributed by atoms with van der Waals surface area (Å²) in [6.45, 7) is 4.56. The zero-order chi connectivity index (χ0) is 31.3. The van der Waals surface area contributed by atoms with Crippen LogP contribution in [0.2, 0.25) is 0 Å². The Bertz CT molecular complexity index is 2710. The molecule has 9 aromatic rings. The molecule has 0 atom stereocenters. The van der Waals surface area contributed by atoms with Crippen LogP contribution >= 0.6 is 0 Å². The van der Waals surface area contributed by atoms with Gasteiger partial charge in [0.2, 0.25) is 0 Å². The quantitative estimate of drug-likeness (QED) is 0.202. The molecule has 0 bridgehead atoms. The van der Waals surface area contributed by atoms with Crippen molar-refractivity contribution >= 4 is 43.7 Å². The summed E-state index contributed by atoms with van der Waals surface area (Å²) < 4.78 is 8.92. The molecular formula is C43H29N3O. The Balaban J connectivity index is 1.29. The van der Waals surface area contributed by atoms with Crippen molar-refractivity contribution in [2.24, 2.45) is 0 Å². The van der Waals surface area contributed by atoms with Gasteiger partial charge in [-0.1, -0.05) is 117 Å². The summed E-state index contributed by atoms with van der Waals surface area (Å²) in [7, 11) is 0. The lowest BCUT2D eigenvalue weighted by molar-refractivity contribution is 0.636. The van der Waals surface area contributed by atoms with Crippen LogP contribution in [0.1, 0.15) is 25.1 Å².